The highest BCUT2D eigenvalue weighted by Gasteiger charge is 2.09. The number of thioether (sulfide) groups is 1. The van der Waals surface area contributed by atoms with Crippen LogP contribution in [0.3, 0.4) is 0 Å². The Morgan fingerprint density at radius 2 is 2.05 bits per heavy atom. The van der Waals surface area contributed by atoms with Gasteiger partial charge in [0.2, 0.25) is 0 Å². The molecule has 0 atom stereocenters. The number of nitrogens with one attached hydrogen (secondary N) is 1. The summed E-state index contributed by atoms with van der Waals surface area (Å²) in [5, 5.41) is 19.0. The Morgan fingerprint density at radius 3 is 2.74 bits per heavy atom. The number of aromatic nitrogens is 4. The normalized spacial score (nSPS) is 10.1. The number of nitrogens with zero attached hydrogens (tertiary/aromatic N) is 5. The minimum absolute atomic E-state index is 0.0163. The second kappa shape index (κ2) is 5.96. The number of tetrazole rings is 1. The third-order valence-corrected chi connectivity index (χ3v) is 2.87. The first-order chi connectivity index (χ1) is 9.16. The predicted molar refractivity (Wildman–Crippen MR) is 74.0 cm³/mol. The van der Waals surface area contributed by atoms with Crippen LogP contribution in [0.1, 0.15) is 5.82 Å². The van der Waals surface area contributed by atoms with Crippen LogP contribution in [0, 0.1) is 5.41 Å². The predicted octanol–water partition coefficient (Wildman–Crippen LogP) is 0.104. The highest BCUT2D eigenvalue weighted by Crippen LogP contribution is 2.14. The van der Waals surface area contributed by atoms with Gasteiger partial charge in [0.25, 0.3) is 0 Å². The number of nitrogens with two attached hydrogens (primary N) is 2. The lowest BCUT2D eigenvalue weighted by Crippen LogP contribution is -2.23. The fourth-order valence-corrected chi connectivity index (χ4v) is 1.96. The molecule has 0 saturated carbocycles. The summed E-state index contributed by atoms with van der Waals surface area (Å²) in [4.78, 5) is 3.62. The highest BCUT2D eigenvalue weighted by atomic mass is 32.2. The summed E-state index contributed by atoms with van der Waals surface area (Å²) in [5.74, 6) is 0.879. The van der Waals surface area contributed by atoms with E-state index in [1.807, 2.05) is 30.3 Å². The van der Waals surface area contributed by atoms with E-state index >= 15 is 0 Å². The van der Waals surface area contributed by atoms with Crippen molar-refractivity contribution in [2.24, 2.45) is 16.5 Å². The van der Waals surface area contributed by atoms with Crippen molar-refractivity contribution in [3.05, 3.63) is 36.2 Å². The number of aliphatic imine (C=N–C) groups is 1. The van der Waals surface area contributed by atoms with Crippen molar-refractivity contribution in [3.8, 4) is 5.69 Å². The van der Waals surface area contributed by atoms with Crippen molar-refractivity contribution in [2.45, 2.75) is 5.75 Å². The van der Waals surface area contributed by atoms with Crippen LogP contribution in [0.5, 0.6) is 0 Å². The van der Waals surface area contributed by atoms with Crippen molar-refractivity contribution < 1.29 is 0 Å². The molecule has 2 aromatic rings. The number of benzene rings is 1. The van der Waals surface area contributed by atoms with Crippen LogP contribution >= 0.6 is 11.8 Å². The highest BCUT2D eigenvalue weighted by molar-refractivity contribution is 8.13. The zero-order chi connectivity index (χ0) is 13.7. The molecule has 9 heteroatoms. The summed E-state index contributed by atoms with van der Waals surface area (Å²) in [6, 6.07) is 9.50. The van der Waals surface area contributed by atoms with E-state index in [1.54, 1.807) is 4.68 Å². The van der Waals surface area contributed by atoms with Gasteiger partial charge in [0.1, 0.15) is 0 Å². The van der Waals surface area contributed by atoms with Crippen molar-refractivity contribution in [2.75, 3.05) is 0 Å². The lowest BCUT2D eigenvalue weighted by atomic mass is 10.3. The van der Waals surface area contributed by atoms with Crippen LogP contribution in [0.15, 0.2) is 35.3 Å². The summed E-state index contributed by atoms with van der Waals surface area (Å²) in [5.41, 5.74) is 11.2. The minimum Gasteiger partial charge on any atom is -0.370 e. The number of amidine groups is 1. The fraction of sp³-hybridized carbons (Fsp3) is 0.100. The molecular weight excluding hydrogens is 264 g/mol. The molecular formula is C10H12N8S. The number of hydrogen-bond donors (Lipinski definition) is 3. The van der Waals surface area contributed by atoms with Gasteiger partial charge in [-0.05, 0) is 22.6 Å². The van der Waals surface area contributed by atoms with E-state index < -0.39 is 0 Å². The number of guanidine groups is 1. The molecule has 1 aromatic heterocycles. The van der Waals surface area contributed by atoms with Gasteiger partial charge >= 0.3 is 0 Å². The summed E-state index contributed by atoms with van der Waals surface area (Å²) in [7, 11) is 0. The van der Waals surface area contributed by atoms with Crippen molar-refractivity contribution >= 4 is 22.9 Å². The van der Waals surface area contributed by atoms with Gasteiger partial charge in [0, 0.05) is 0 Å². The van der Waals surface area contributed by atoms with Crippen LogP contribution in [-0.2, 0) is 5.75 Å². The Hall–Kier alpha value is -2.42. The van der Waals surface area contributed by atoms with E-state index in [2.05, 4.69) is 20.5 Å². The molecule has 0 saturated heterocycles. The topological polar surface area (TPSA) is 132 Å². The summed E-state index contributed by atoms with van der Waals surface area (Å²) >= 11 is 1.14. The molecule has 1 aromatic carbocycles. The summed E-state index contributed by atoms with van der Waals surface area (Å²) in [6.45, 7) is 0. The average molecular weight is 276 g/mol. The first kappa shape index (κ1) is 13.0. The molecule has 8 nitrogen and oxygen atoms in total. The van der Waals surface area contributed by atoms with Gasteiger partial charge in [-0.2, -0.15) is 9.67 Å². The van der Waals surface area contributed by atoms with Gasteiger partial charge in [-0.25, -0.2) is 0 Å². The standard InChI is InChI=1S/C10H12N8S/c11-9(12)14-10(13)19-6-8-15-16-17-18(8)7-4-2-1-3-5-7/h1-5H,6H2,(H5,11,12,13,14). The van der Waals surface area contributed by atoms with E-state index in [0.717, 1.165) is 17.4 Å². The van der Waals surface area contributed by atoms with Gasteiger partial charge in [-0.15, -0.1) is 5.10 Å². The molecule has 19 heavy (non-hydrogen) atoms. The Bertz CT molecular complexity index is 587. The molecule has 1 heterocycles. The van der Waals surface area contributed by atoms with Gasteiger partial charge in [0.05, 0.1) is 11.4 Å². The zero-order valence-corrected chi connectivity index (χ0v) is 10.7. The second-order valence-corrected chi connectivity index (χ2v) is 4.44. The fourth-order valence-electron chi connectivity index (χ4n) is 1.35. The largest absolute Gasteiger partial charge is 0.370 e. The Balaban J connectivity index is 2.09. The average Bonchev–Trinajstić information content (AvgIpc) is 2.85. The van der Waals surface area contributed by atoms with Gasteiger partial charge < -0.3 is 11.5 Å². The molecule has 2 rings (SSSR count). The van der Waals surface area contributed by atoms with Crippen molar-refractivity contribution in [3.63, 3.8) is 0 Å². The van der Waals surface area contributed by atoms with Gasteiger partial charge in [-0.3, -0.25) is 5.41 Å². The number of rotatable bonds is 3. The molecule has 0 aliphatic heterocycles. The minimum atomic E-state index is -0.139. The monoisotopic (exact) mass is 276 g/mol. The molecule has 0 fully saturated rings. The second-order valence-electron chi connectivity index (χ2n) is 3.47. The Labute approximate surface area is 113 Å². The molecule has 0 unspecified atom stereocenters. The number of hydrogen-bond acceptors (Lipinski definition) is 5. The van der Waals surface area contributed by atoms with Crippen LogP contribution < -0.4 is 11.5 Å². The Kier molecular flexibility index (Phi) is 4.08. The van der Waals surface area contributed by atoms with Gasteiger partial charge in [-0.1, -0.05) is 30.0 Å². The van der Waals surface area contributed by atoms with E-state index in [-0.39, 0.29) is 11.1 Å². The smallest absolute Gasteiger partial charge is 0.193 e. The van der Waals surface area contributed by atoms with E-state index in [9.17, 15) is 0 Å². The van der Waals surface area contributed by atoms with E-state index in [1.165, 1.54) is 0 Å². The molecule has 0 aliphatic carbocycles. The number of para-hydroxylation sites is 1. The summed E-state index contributed by atoms with van der Waals surface area (Å²) in [6.07, 6.45) is 0. The molecule has 0 amide bonds. The van der Waals surface area contributed by atoms with Crippen LogP contribution in [0.2, 0.25) is 0 Å². The molecule has 98 valence electrons. The van der Waals surface area contributed by atoms with Crippen LogP contribution in [0.25, 0.3) is 5.69 Å². The SMILES string of the molecule is N=C(N=C(N)N)SCc1nnnn1-c1ccccc1. The molecule has 0 radical (unpaired) electrons. The quantitative estimate of drug-likeness (QED) is 0.538. The first-order valence-corrected chi connectivity index (χ1v) is 6.29. The van der Waals surface area contributed by atoms with E-state index in [0.29, 0.717) is 11.6 Å². The van der Waals surface area contributed by atoms with E-state index in [4.69, 9.17) is 16.9 Å². The molecule has 0 bridgehead atoms. The maximum Gasteiger partial charge on any atom is 0.193 e. The van der Waals surface area contributed by atoms with Crippen LogP contribution in [0.4, 0.5) is 0 Å². The zero-order valence-electron chi connectivity index (χ0n) is 9.89. The Morgan fingerprint density at radius 1 is 1.32 bits per heavy atom. The van der Waals surface area contributed by atoms with Crippen LogP contribution in [-0.4, -0.2) is 31.3 Å². The van der Waals surface area contributed by atoms with Crippen molar-refractivity contribution in [1.29, 1.82) is 5.41 Å². The lowest BCUT2D eigenvalue weighted by molar-refractivity contribution is 0.778. The molecule has 0 aliphatic rings. The third kappa shape index (κ3) is 3.52. The first-order valence-electron chi connectivity index (χ1n) is 5.30. The molecule has 0 spiro atoms. The van der Waals surface area contributed by atoms with Crippen molar-refractivity contribution in [1.82, 2.24) is 20.2 Å². The lowest BCUT2D eigenvalue weighted by Gasteiger charge is -2.03. The van der Waals surface area contributed by atoms with Gasteiger partial charge in [0.15, 0.2) is 17.0 Å². The maximum absolute atomic E-state index is 7.53. The maximum atomic E-state index is 7.53. The molecule has 5 N–H and O–H groups in total. The summed E-state index contributed by atoms with van der Waals surface area (Å²) < 4.78 is 1.61. The third-order valence-electron chi connectivity index (χ3n) is 2.10.